The molecule has 0 saturated carbocycles. The van der Waals surface area contributed by atoms with Crippen LogP contribution in [0, 0.1) is 20.8 Å². The molecule has 0 bridgehead atoms. The van der Waals surface area contributed by atoms with Crippen molar-refractivity contribution in [2.45, 2.75) is 46.6 Å². The number of ether oxygens (including phenoxy) is 1. The minimum Gasteiger partial charge on any atom is -0.487 e. The molecule has 0 amide bonds. The highest BCUT2D eigenvalue weighted by atomic mass is 16.5. The fraction of sp³-hybridized carbons (Fsp3) is 0.368. The summed E-state index contributed by atoms with van der Waals surface area (Å²) >= 11 is 0. The summed E-state index contributed by atoms with van der Waals surface area (Å²) in [7, 11) is 0. The van der Waals surface area contributed by atoms with E-state index in [0.29, 0.717) is 0 Å². The van der Waals surface area contributed by atoms with E-state index in [0.717, 1.165) is 12.2 Å². The maximum absolute atomic E-state index is 6.21. The van der Waals surface area contributed by atoms with Gasteiger partial charge in [-0.15, -0.1) is 0 Å². The zero-order chi connectivity index (χ0) is 14.5. The van der Waals surface area contributed by atoms with Crippen LogP contribution < -0.4 is 4.74 Å². The van der Waals surface area contributed by atoms with Gasteiger partial charge in [0.05, 0.1) is 0 Å². The van der Waals surface area contributed by atoms with Crippen LogP contribution in [0.25, 0.3) is 11.1 Å². The molecule has 0 unspecified atom stereocenters. The van der Waals surface area contributed by atoms with E-state index in [4.69, 9.17) is 4.74 Å². The monoisotopic (exact) mass is 266 g/mol. The van der Waals surface area contributed by atoms with Crippen molar-refractivity contribution in [1.82, 2.24) is 0 Å². The lowest BCUT2D eigenvalue weighted by Crippen LogP contribution is -2.24. The molecule has 0 N–H and O–H groups in total. The highest BCUT2D eigenvalue weighted by molar-refractivity contribution is 5.75. The lowest BCUT2D eigenvalue weighted by molar-refractivity contribution is 0.139. The molecule has 0 atom stereocenters. The molecule has 1 aliphatic rings. The van der Waals surface area contributed by atoms with E-state index in [2.05, 4.69) is 65.0 Å². The number of hydrogen-bond acceptors (Lipinski definition) is 1. The molecule has 104 valence electrons. The smallest absolute Gasteiger partial charge is 0.131 e. The molecule has 1 aliphatic heterocycles. The first kappa shape index (κ1) is 13.2. The molecule has 2 aromatic carbocycles. The maximum atomic E-state index is 6.21. The molecule has 0 saturated heterocycles. The summed E-state index contributed by atoms with van der Waals surface area (Å²) in [5.41, 5.74) is 7.64. The quantitative estimate of drug-likeness (QED) is 0.706. The van der Waals surface area contributed by atoms with Crippen LogP contribution in [0.1, 0.15) is 36.1 Å². The second kappa shape index (κ2) is 4.37. The molecule has 0 fully saturated rings. The van der Waals surface area contributed by atoms with Crippen LogP contribution in [0.2, 0.25) is 0 Å². The third-order valence-electron chi connectivity index (χ3n) is 3.84. The zero-order valence-electron chi connectivity index (χ0n) is 13.0. The van der Waals surface area contributed by atoms with Crippen LogP contribution in [-0.4, -0.2) is 5.60 Å². The van der Waals surface area contributed by atoms with Gasteiger partial charge in [0.25, 0.3) is 0 Å². The molecule has 1 nitrogen and oxygen atoms in total. The number of aryl methyl sites for hydroxylation is 3. The molecule has 3 rings (SSSR count). The Balaban J connectivity index is 2.20. The van der Waals surface area contributed by atoms with Crippen molar-refractivity contribution in [3.8, 4) is 16.9 Å². The van der Waals surface area contributed by atoms with Crippen LogP contribution >= 0.6 is 0 Å². The van der Waals surface area contributed by atoms with Gasteiger partial charge in [0.15, 0.2) is 0 Å². The molecule has 0 radical (unpaired) electrons. The van der Waals surface area contributed by atoms with Gasteiger partial charge in [-0.25, -0.2) is 0 Å². The first-order valence-corrected chi connectivity index (χ1v) is 7.25. The van der Waals surface area contributed by atoms with Crippen LogP contribution in [0.5, 0.6) is 5.75 Å². The number of fused-ring (bicyclic) bond motifs is 1. The Labute approximate surface area is 121 Å². The van der Waals surface area contributed by atoms with E-state index in [-0.39, 0.29) is 5.60 Å². The van der Waals surface area contributed by atoms with Gasteiger partial charge in [-0.1, -0.05) is 35.4 Å². The minimum absolute atomic E-state index is 0.0935. The second-order valence-electron chi connectivity index (χ2n) is 6.72. The van der Waals surface area contributed by atoms with E-state index in [1.807, 2.05) is 0 Å². The molecule has 0 aliphatic carbocycles. The first-order chi connectivity index (χ1) is 9.34. The van der Waals surface area contributed by atoms with Crippen molar-refractivity contribution in [3.05, 3.63) is 52.6 Å². The van der Waals surface area contributed by atoms with Gasteiger partial charge in [-0.2, -0.15) is 0 Å². The fourth-order valence-electron chi connectivity index (χ4n) is 3.22. The molecule has 0 aromatic heterocycles. The van der Waals surface area contributed by atoms with Crippen molar-refractivity contribution in [2.75, 3.05) is 0 Å². The van der Waals surface area contributed by atoms with Gasteiger partial charge in [0.2, 0.25) is 0 Å². The van der Waals surface area contributed by atoms with E-state index in [1.54, 1.807) is 0 Å². The maximum Gasteiger partial charge on any atom is 0.131 e. The van der Waals surface area contributed by atoms with E-state index < -0.39 is 0 Å². The average Bonchev–Trinajstić information content (AvgIpc) is 2.60. The van der Waals surface area contributed by atoms with Crippen molar-refractivity contribution >= 4 is 0 Å². The summed E-state index contributed by atoms with van der Waals surface area (Å²) in [4.78, 5) is 0. The Morgan fingerprint density at radius 1 is 0.850 bits per heavy atom. The SMILES string of the molecule is Cc1cc(C)cc(-c2cc(C)cc3c2OC(C)(C)C3)c1. The summed E-state index contributed by atoms with van der Waals surface area (Å²) in [5.74, 6) is 1.07. The first-order valence-electron chi connectivity index (χ1n) is 7.25. The fourth-order valence-corrected chi connectivity index (χ4v) is 3.22. The summed E-state index contributed by atoms with van der Waals surface area (Å²) in [5, 5.41) is 0. The van der Waals surface area contributed by atoms with Crippen molar-refractivity contribution in [3.63, 3.8) is 0 Å². The second-order valence-corrected chi connectivity index (χ2v) is 6.72. The van der Waals surface area contributed by atoms with E-state index in [1.165, 1.54) is 33.4 Å². The summed E-state index contributed by atoms with van der Waals surface area (Å²) in [6.45, 7) is 10.8. The van der Waals surface area contributed by atoms with Crippen LogP contribution in [-0.2, 0) is 6.42 Å². The summed E-state index contributed by atoms with van der Waals surface area (Å²) in [6, 6.07) is 11.2. The van der Waals surface area contributed by atoms with Crippen molar-refractivity contribution in [2.24, 2.45) is 0 Å². The predicted molar refractivity (Wildman–Crippen MR) is 84.5 cm³/mol. The number of benzene rings is 2. The number of rotatable bonds is 1. The largest absolute Gasteiger partial charge is 0.487 e. The average molecular weight is 266 g/mol. The Morgan fingerprint density at radius 3 is 2.10 bits per heavy atom. The lowest BCUT2D eigenvalue weighted by atomic mass is 9.94. The standard InChI is InChI=1S/C19H22O/c1-12-6-13(2)8-15(7-12)17-10-14(3)9-16-11-19(4,5)20-18(16)17/h6-10H,11H2,1-5H3. The molecule has 20 heavy (non-hydrogen) atoms. The van der Waals surface area contributed by atoms with Gasteiger partial charge in [0.1, 0.15) is 11.4 Å². The summed E-state index contributed by atoms with van der Waals surface area (Å²) in [6.07, 6.45) is 0.988. The molecule has 0 spiro atoms. The van der Waals surface area contributed by atoms with Gasteiger partial charge in [-0.3, -0.25) is 0 Å². The topological polar surface area (TPSA) is 9.23 Å². The third kappa shape index (κ3) is 2.33. The Hall–Kier alpha value is -1.76. The highest BCUT2D eigenvalue weighted by Crippen LogP contribution is 2.43. The minimum atomic E-state index is -0.0935. The van der Waals surface area contributed by atoms with Crippen molar-refractivity contribution < 1.29 is 4.74 Å². The normalized spacial score (nSPS) is 15.8. The van der Waals surface area contributed by atoms with Crippen LogP contribution in [0.3, 0.4) is 0 Å². The van der Waals surface area contributed by atoms with Crippen LogP contribution in [0.4, 0.5) is 0 Å². The molecule has 1 heterocycles. The zero-order valence-corrected chi connectivity index (χ0v) is 13.0. The molecular weight excluding hydrogens is 244 g/mol. The molecule has 2 aromatic rings. The molecule has 1 heteroatoms. The number of hydrogen-bond donors (Lipinski definition) is 0. The highest BCUT2D eigenvalue weighted by Gasteiger charge is 2.32. The summed E-state index contributed by atoms with van der Waals surface area (Å²) < 4.78 is 6.21. The lowest BCUT2D eigenvalue weighted by Gasteiger charge is -2.18. The predicted octanol–water partition coefficient (Wildman–Crippen LogP) is 4.99. The van der Waals surface area contributed by atoms with Gasteiger partial charge >= 0.3 is 0 Å². The Morgan fingerprint density at radius 2 is 1.45 bits per heavy atom. The molecular formula is C19H22O. The van der Waals surface area contributed by atoms with Gasteiger partial charge in [-0.05, 0) is 57.4 Å². The van der Waals surface area contributed by atoms with Crippen LogP contribution in [0.15, 0.2) is 30.3 Å². The van der Waals surface area contributed by atoms with E-state index in [9.17, 15) is 0 Å². The Bertz CT molecular complexity index is 660. The third-order valence-corrected chi connectivity index (χ3v) is 3.84. The Kier molecular flexibility index (Phi) is 2.89. The van der Waals surface area contributed by atoms with Crippen molar-refractivity contribution in [1.29, 1.82) is 0 Å². The van der Waals surface area contributed by atoms with Gasteiger partial charge < -0.3 is 4.74 Å². The van der Waals surface area contributed by atoms with Gasteiger partial charge in [0, 0.05) is 12.0 Å². The van der Waals surface area contributed by atoms with E-state index >= 15 is 0 Å².